The first-order chi connectivity index (χ1) is 14.3. The number of ether oxygens (including phenoxy) is 1. The summed E-state index contributed by atoms with van der Waals surface area (Å²) in [5, 5.41) is 2.77. The molecule has 0 radical (unpaired) electrons. The smallest absolute Gasteiger partial charge is 0.244 e. The lowest BCUT2D eigenvalue weighted by Gasteiger charge is -2.19. The van der Waals surface area contributed by atoms with E-state index in [-0.39, 0.29) is 10.6 Å². The number of anilines is 1. The Hall–Kier alpha value is -2.56. The van der Waals surface area contributed by atoms with Gasteiger partial charge in [-0.1, -0.05) is 12.1 Å². The van der Waals surface area contributed by atoms with Crippen LogP contribution in [0.15, 0.2) is 51.8 Å². The molecule has 0 spiro atoms. The molecule has 1 unspecified atom stereocenters. The molecule has 2 N–H and O–H groups in total. The maximum Gasteiger partial charge on any atom is 0.244 e. The molecular formula is C20H23N3O5S2. The molecule has 1 heterocycles. The molecular weight excluding hydrogens is 426 g/mol. The average Bonchev–Trinajstić information content (AvgIpc) is 3.10. The van der Waals surface area contributed by atoms with Crippen molar-refractivity contribution >= 4 is 44.5 Å². The number of amides is 1. The molecule has 3 rings (SSSR count). The Balaban J connectivity index is 1.82. The van der Waals surface area contributed by atoms with E-state index in [1.807, 2.05) is 6.26 Å². The number of hydrogen-bond acceptors (Lipinski definition) is 7. The second-order valence-corrected chi connectivity index (χ2v) is 9.18. The third-order valence-electron chi connectivity index (χ3n) is 4.35. The van der Waals surface area contributed by atoms with Crippen LogP contribution >= 0.6 is 11.8 Å². The summed E-state index contributed by atoms with van der Waals surface area (Å²) >= 11 is 1.53. The summed E-state index contributed by atoms with van der Waals surface area (Å²) in [4.78, 5) is 17.1. The van der Waals surface area contributed by atoms with Gasteiger partial charge in [0, 0.05) is 12.6 Å². The molecule has 160 valence electrons. The Kier molecular flexibility index (Phi) is 7.01. The van der Waals surface area contributed by atoms with E-state index in [2.05, 4.69) is 15.0 Å². The summed E-state index contributed by atoms with van der Waals surface area (Å²) in [6, 6.07) is 10.4. The Labute approximate surface area is 179 Å². The molecule has 0 aliphatic heterocycles. The van der Waals surface area contributed by atoms with Crippen LogP contribution < -0.4 is 14.8 Å². The minimum absolute atomic E-state index is 0.0195. The van der Waals surface area contributed by atoms with Crippen molar-refractivity contribution in [2.75, 3.05) is 24.4 Å². The predicted molar refractivity (Wildman–Crippen MR) is 117 cm³/mol. The second-order valence-electron chi connectivity index (χ2n) is 6.51. The maximum absolute atomic E-state index is 12.9. The Morgan fingerprint density at radius 1 is 1.27 bits per heavy atom. The monoisotopic (exact) mass is 449 g/mol. The number of carbonyl (C=O) groups excluding carboxylic acids is 1. The van der Waals surface area contributed by atoms with Gasteiger partial charge in [-0.3, -0.25) is 4.79 Å². The van der Waals surface area contributed by atoms with Gasteiger partial charge >= 0.3 is 0 Å². The van der Waals surface area contributed by atoms with Gasteiger partial charge in [-0.2, -0.15) is 16.5 Å². The molecule has 10 heteroatoms. The van der Waals surface area contributed by atoms with Crippen molar-refractivity contribution in [2.45, 2.75) is 24.3 Å². The summed E-state index contributed by atoms with van der Waals surface area (Å²) in [5.74, 6) is 0.882. The molecule has 0 saturated carbocycles. The first kappa shape index (κ1) is 22.1. The van der Waals surface area contributed by atoms with Crippen LogP contribution in [0.1, 0.15) is 12.3 Å². The van der Waals surface area contributed by atoms with Crippen molar-refractivity contribution in [1.82, 2.24) is 9.71 Å². The fourth-order valence-electron chi connectivity index (χ4n) is 2.92. The van der Waals surface area contributed by atoms with E-state index in [9.17, 15) is 13.2 Å². The number of sulfonamides is 1. The van der Waals surface area contributed by atoms with Gasteiger partial charge in [-0.25, -0.2) is 13.4 Å². The molecule has 0 fully saturated rings. The van der Waals surface area contributed by atoms with E-state index >= 15 is 0 Å². The molecule has 3 aromatic rings. The quantitative estimate of drug-likeness (QED) is 0.516. The first-order valence-corrected chi connectivity index (χ1v) is 12.0. The number of para-hydroxylation sites is 1. The topological polar surface area (TPSA) is 111 Å². The van der Waals surface area contributed by atoms with Crippen LogP contribution in [0.25, 0.3) is 11.1 Å². The fraction of sp³-hybridized carbons (Fsp3) is 0.300. The lowest BCUT2D eigenvalue weighted by atomic mass is 10.2. The number of nitrogens with zero attached hydrogens (tertiary/aromatic N) is 1. The molecule has 0 saturated heterocycles. The third-order valence-corrected chi connectivity index (χ3v) is 6.50. The number of methoxy groups -OCH3 is 1. The van der Waals surface area contributed by atoms with Crippen molar-refractivity contribution in [3.63, 3.8) is 0 Å². The molecule has 30 heavy (non-hydrogen) atoms. The van der Waals surface area contributed by atoms with Crippen molar-refractivity contribution in [1.29, 1.82) is 0 Å². The van der Waals surface area contributed by atoms with E-state index < -0.39 is 22.0 Å². The first-order valence-electron chi connectivity index (χ1n) is 9.16. The lowest BCUT2D eigenvalue weighted by Crippen LogP contribution is -2.44. The van der Waals surface area contributed by atoms with Gasteiger partial charge in [-0.05, 0) is 48.8 Å². The Bertz CT molecular complexity index is 1140. The van der Waals surface area contributed by atoms with E-state index in [1.54, 1.807) is 43.3 Å². The molecule has 0 bridgehead atoms. The zero-order valence-corrected chi connectivity index (χ0v) is 18.5. The molecule has 2 aromatic carbocycles. The third kappa shape index (κ3) is 5.13. The van der Waals surface area contributed by atoms with Gasteiger partial charge < -0.3 is 14.5 Å². The van der Waals surface area contributed by atoms with Crippen LogP contribution in [-0.2, 0) is 14.8 Å². The highest BCUT2D eigenvalue weighted by Gasteiger charge is 2.27. The van der Waals surface area contributed by atoms with Gasteiger partial charge in [0.2, 0.25) is 15.9 Å². The zero-order chi connectivity index (χ0) is 21.7. The number of nitrogens with one attached hydrogen (secondary N) is 2. The van der Waals surface area contributed by atoms with Crippen LogP contribution in [0.5, 0.6) is 5.75 Å². The minimum Gasteiger partial charge on any atom is -0.495 e. The van der Waals surface area contributed by atoms with Gasteiger partial charge in [0.25, 0.3) is 0 Å². The van der Waals surface area contributed by atoms with Gasteiger partial charge in [0.15, 0.2) is 11.5 Å². The molecule has 8 nitrogen and oxygen atoms in total. The van der Waals surface area contributed by atoms with Gasteiger partial charge in [0.05, 0.1) is 7.11 Å². The number of oxazole rings is 1. The zero-order valence-electron chi connectivity index (χ0n) is 16.8. The van der Waals surface area contributed by atoms with E-state index in [0.29, 0.717) is 34.9 Å². The average molecular weight is 450 g/mol. The van der Waals surface area contributed by atoms with Crippen LogP contribution in [0.2, 0.25) is 0 Å². The molecule has 0 aliphatic carbocycles. The summed E-state index contributed by atoms with van der Waals surface area (Å²) in [7, 11) is -2.58. The summed E-state index contributed by atoms with van der Waals surface area (Å²) in [5.41, 5.74) is 1.73. The Morgan fingerprint density at radius 2 is 2.03 bits per heavy atom. The van der Waals surface area contributed by atoms with Crippen molar-refractivity contribution in [3.05, 3.63) is 48.4 Å². The van der Waals surface area contributed by atoms with Crippen molar-refractivity contribution < 1.29 is 22.4 Å². The number of fused-ring (bicyclic) bond motifs is 1. The standard InChI is InChI=1S/C20H23N3O5S2/c1-13-21-16-12-14(8-9-17(16)28-13)22-20(24)15(10-11-29-3)23-30(25,26)19-7-5-4-6-18(19)27-2/h4-9,12,15,23H,10-11H2,1-3H3,(H,22,24). The number of rotatable bonds is 9. The van der Waals surface area contributed by atoms with Crippen LogP contribution in [0, 0.1) is 6.92 Å². The Morgan fingerprint density at radius 3 is 2.77 bits per heavy atom. The maximum atomic E-state index is 12.9. The minimum atomic E-state index is -3.97. The number of aryl methyl sites for hydroxylation is 1. The highest BCUT2D eigenvalue weighted by molar-refractivity contribution is 7.98. The van der Waals surface area contributed by atoms with Crippen LogP contribution in [0.3, 0.4) is 0 Å². The second kappa shape index (κ2) is 9.50. The van der Waals surface area contributed by atoms with E-state index in [4.69, 9.17) is 9.15 Å². The molecule has 1 aromatic heterocycles. The number of carbonyl (C=O) groups is 1. The number of hydrogen-bond donors (Lipinski definition) is 2. The molecule has 0 aliphatic rings. The van der Waals surface area contributed by atoms with Crippen molar-refractivity contribution in [2.24, 2.45) is 0 Å². The highest BCUT2D eigenvalue weighted by atomic mass is 32.2. The normalized spacial score (nSPS) is 12.6. The van der Waals surface area contributed by atoms with Crippen LogP contribution in [0.4, 0.5) is 5.69 Å². The van der Waals surface area contributed by atoms with Gasteiger partial charge in [0.1, 0.15) is 22.2 Å². The van der Waals surface area contributed by atoms with E-state index in [1.165, 1.54) is 24.9 Å². The number of thioether (sulfide) groups is 1. The fourth-order valence-corrected chi connectivity index (χ4v) is 4.79. The summed E-state index contributed by atoms with van der Waals surface area (Å²) in [6.07, 6.45) is 2.22. The number of benzene rings is 2. The molecule has 1 atom stereocenters. The van der Waals surface area contributed by atoms with E-state index in [0.717, 1.165) is 0 Å². The largest absolute Gasteiger partial charge is 0.495 e. The highest BCUT2D eigenvalue weighted by Crippen LogP contribution is 2.24. The predicted octanol–water partition coefficient (Wildman–Crippen LogP) is 3.18. The SMILES string of the molecule is COc1ccccc1S(=O)(=O)NC(CCSC)C(=O)Nc1ccc2oc(C)nc2c1. The van der Waals surface area contributed by atoms with Crippen LogP contribution in [-0.4, -0.2) is 44.5 Å². The summed E-state index contributed by atoms with van der Waals surface area (Å²) in [6.45, 7) is 1.74. The molecule has 1 amide bonds. The summed E-state index contributed by atoms with van der Waals surface area (Å²) < 4.78 is 38.9. The number of aromatic nitrogens is 1. The van der Waals surface area contributed by atoms with Crippen molar-refractivity contribution in [3.8, 4) is 5.75 Å². The van der Waals surface area contributed by atoms with Gasteiger partial charge in [-0.15, -0.1) is 0 Å². The lowest BCUT2D eigenvalue weighted by molar-refractivity contribution is -0.117.